The van der Waals surface area contributed by atoms with Crippen LogP contribution in [0.3, 0.4) is 0 Å². The van der Waals surface area contributed by atoms with Gasteiger partial charge < -0.3 is 13.9 Å². The van der Waals surface area contributed by atoms with E-state index in [0.29, 0.717) is 5.56 Å². The molecule has 0 unspecified atom stereocenters. The van der Waals surface area contributed by atoms with Crippen LogP contribution in [0.4, 0.5) is 0 Å². The molecule has 6 heteroatoms. The minimum Gasteiger partial charge on any atom is -0.457 e. The lowest BCUT2D eigenvalue weighted by atomic mass is 9.66. The summed E-state index contributed by atoms with van der Waals surface area (Å²) < 4.78 is 11.4. The van der Waals surface area contributed by atoms with Gasteiger partial charge in [0.1, 0.15) is 11.5 Å². The molecule has 60 heavy (non-hydrogen) atoms. The molecule has 11 aromatic rings. The fraction of sp³-hybridized carbons (Fsp3) is 0.0185. The Hall–Kier alpha value is -8.27. The number of para-hydroxylation sites is 4. The molecule has 0 radical (unpaired) electrons. The number of fused-ring (bicyclic) bond motifs is 15. The smallest absolute Gasteiger partial charge is 0.132 e. The van der Waals surface area contributed by atoms with Gasteiger partial charge in [-0.2, -0.15) is 5.26 Å². The summed E-state index contributed by atoms with van der Waals surface area (Å²) >= 11 is 0. The second kappa shape index (κ2) is 12.1. The van der Waals surface area contributed by atoms with Crippen LogP contribution in [0.1, 0.15) is 27.8 Å². The van der Waals surface area contributed by atoms with Crippen LogP contribution in [0.2, 0.25) is 0 Å². The van der Waals surface area contributed by atoms with E-state index in [4.69, 9.17) is 14.7 Å². The van der Waals surface area contributed by atoms with E-state index in [2.05, 4.69) is 161 Å². The first-order valence-corrected chi connectivity index (χ1v) is 20.1. The number of nitrogens with zero attached hydrogens (tertiary/aromatic N) is 5. The van der Waals surface area contributed by atoms with E-state index in [1.807, 2.05) is 42.7 Å². The molecule has 0 bridgehead atoms. The van der Waals surface area contributed by atoms with Gasteiger partial charge in [0, 0.05) is 45.1 Å². The number of hydrogen-bond acceptors (Lipinski definition) is 4. The van der Waals surface area contributed by atoms with Gasteiger partial charge >= 0.3 is 0 Å². The summed E-state index contributed by atoms with van der Waals surface area (Å²) in [7, 11) is 0. The maximum atomic E-state index is 10.2. The summed E-state index contributed by atoms with van der Waals surface area (Å²) in [4.78, 5) is 9.81. The van der Waals surface area contributed by atoms with Crippen molar-refractivity contribution in [1.82, 2.24) is 19.1 Å². The third-order valence-corrected chi connectivity index (χ3v) is 12.7. The van der Waals surface area contributed by atoms with Crippen molar-refractivity contribution in [3.05, 3.63) is 216 Å². The van der Waals surface area contributed by atoms with Crippen LogP contribution in [-0.2, 0) is 5.41 Å². The third kappa shape index (κ3) is 4.25. The van der Waals surface area contributed by atoms with Crippen molar-refractivity contribution in [3.63, 3.8) is 0 Å². The fourth-order valence-corrected chi connectivity index (χ4v) is 10.3. The Bertz CT molecular complexity index is 3580. The molecule has 0 fully saturated rings. The first-order valence-electron chi connectivity index (χ1n) is 20.1. The van der Waals surface area contributed by atoms with E-state index in [1.165, 1.54) is 10.8 Å². The lowest BCUT2D eigenvalue weighted by Crippen LogP contribution is -2.32. The second-order valence-electron chi connectivity index (χ2n) is 15.6. The van der Waals surface area contributed by atoms with Crippen LogP contribution in [-0.4, -0.2) is 19.1 Å². The summed E-state index contributed by atoms with van der Waals surface area (Å²) in [5.41, 5.74) is 14.6. The Morgan fingerprint density at radius 2 is 0.967 bits per heavy atom. The van der Waals surface area contributed by atoms with Gasteiger partial charge in [-0.05, 0) is 101 Å². The highest BCUT2D eigenvalue weighted by atomic mass is 16.5. The number of aromatic nitrogens is 4. The van der Waals surface area contributed by atoms with Crippen LogP contribution in [0, 0.1) is 11.3 Å². The van der Waals surface area contributed by atoms with Gasteiger partial charge in [0.25, 0.3) is 0 Å². The lowest BCUT2D eigenvalue weighted by Gasteiger charge is -2.39. The molecule has 0 saturated heterocycles. The zero-order valence-electron chi connectivity index (χ0n) is 32.0. The number of hydrogen-bond donors (Lipinski definition) is 0. The number of pyridine rings is 2. The van der Waals surface area contributed by atoms with Gasteiger partial charge in [0.15, 0.2) is 0 Å². The highest BCUT2D eigenvalue weighted by Gasteiger charge is 2.52. The van der Waals surface area contributed by atoms with Gasteiger partial charge in [0.05, 0.1) is 61.9 Å². The largest absolute Gasteiger partial charge is 0.457 e. The number of nitriles is 1. The first kappa shape index (κ1) is 32.8. The minimum atomic E-state index is -0.660. The van der Waals surface area contributed by atoms with Crippen molar-refractivity contribution < 1.29 is 4.74 Å². The first-order chi connectivity index (χ1) is 29.7. The average Bonchev–Trinajstić information content (AvgIpc) is 3.93. The summed E-state index contributed by atoms with van der Waals surface area (Å²) in [6.45, 7) is 0. The minimum absolute atomic E-state index is 0.606. The van der Waals surface area contributed by atoms with Gasteiger partial charge in [-0.25, -0.2) is 0 Å². The van der Waals surface area contributed by atoms with Crippen molar-refractivity contribution >= 4 is 43.6 Å². The Morgan fingerprint density at radius 1 is 0.433 bits per heavy atom. The van der Waals surface area contributed by atoms with E-state index >= 15 is 0 Å². The van der Waals surface area contributed by atoms with E-state index in [1.54, 1.807) is 0 Å². The van der Waals surface area contributed by atoms with E-state index in [9.17, 15) is 5.26 Å². The number of ether oxygens (including phenoxy) is 1. The SMILES string of the molecule is N#Cc1ccc(-n2c3ccccc3c3cc(-c4ccc5c(c4)C4(c6ccccc6O5)c5cccnc5-c5ncccc54)ccc32)c(-n2c3ccccc3c3ccccc32)c1. The van der Waals surface area contributed by atoms with Gasteiger partial charge in [0.2, 0.25) is 0 Å². The number of benzene rings is 7. The average molecular weight is 766 g/mol. The Morgan fingerprint density at radius 3 is 1.65 bits per heavy atom. The van der Waals surface area contributed by atoms with Crippen molar-refractivity contribution in [2.45, 2.75) is 5.41 Å². The molecule has 1 aliphatic heterocycles. The maximum Gasteiger partial charge on any atom is 0.132 e. The zero-order valence-corrected chi connectivity index (χ0v) is 32.0. The zero-order chi connectivity index (χ0) is 39.5. The maximum absolute atomic E-state index is 10.2. The molecule has 6 nitrogen and oxygen atoms in total. The molecule has 7 aromatic carbocycles. The van der Waals surface area contributed by atoms with Gasteiger partial charge in [-0.1, -0.05) is 97.1 Å². The fourth-order valence-electron chi connectivity index (χ4n) is 10.3. The Labute approximate surface area is 344 Å². The van der Waals surface area contributed by atoms with Crippen molar-refractivity contribution in [1.29, 1.82) is 5.26 Å². The summed E-state index contributed by atoms with van der Waals surface area (Å²) in [6, 6.07) is 64.3. The molecular weight excluding hydrogens is 735 g/mol. The molecule has 1 spiro atoms. The topological polar surface area (TPSA) is 68.7 Å². The monoisotopic (exact) mass is 765 g/mol. The molecule has 2 aliphatic rings. The standard InChI is InChI=1S/C54H31N5O/c55-32-33-21-24-48(49(29-33)59-44-17-5-1-11-36(44)37-12-2-6-18-45(37)59)58-46-19-7-3-13-38(46)39-30-34(22-25-47(39)58)35-23-26-51-43(31-35)54(40-14-4-8-20-50(40)60-51)41-15-9-27-56-52(41)53-42(54)16-10-28-57-53/h1-31H. The van der Waals surface area contributed by atoms with Crippen LogP contribution >= 0.6 is 0 Å². The molecule has 13 rings (SSSR count). The normalized spacial score (nSPS) is 13.2. The highest BCUT2D eigenvalue weighted by Crippen LogP contribution is 2.61. The van der Waals surface area contributed by atoms with Crippen LogP contribution in [0.15, 0.2) is 188 Å². The van der Waals surface area contributed by atoms with Crippen LogP contribution in [0.5, 0.6) is 11.5 Å². The predicted molar refractivity (Wildman–Crippen MR) is 238 cm³/mol. The molecule has 4 aromatic heterocycles. The van der Waals surface area contributed by atoms with Crippen molar-refractivity contribution in [2.24, 2.45) is 0 Å². The van der Waals surface area contributed by atoms with E-state index in [0.717, 1.165) is 100 Å². The molecule has 1 aliphatic carbocycles. The third-order valence-electron chi connectivity index (χ3n) is 12.7. The van der Waals surface area contributed by atoms with E-state index < -0.39 is 5.41 Å². The molecule has 0 atom stereocenters. The quantitative estimate of drug-likeness (QED) is 0.180. The highest BCUT2D eigenvalue weighted by molar-refractivity contribution is 6.12. The summed E-state index contributed by atoms with van der Waals surface area (Å²) in [5.74, 6) is 1.65. The Kier molecular flexibility index (Phi) is 6.62. The lowest BCUT2D eigenvalue weighted by molar-refractivity contribution is 0.436. The van der Waals surface area contributed by atoms with Gasteiger partial charge in [-0.15, -0.1) is 0 Å². The molecule has 0 amide bonds. The number of rotatable bonds is 3. The Balaban J connectivity index is 1.04. The van der Waals surface area contributed by atoms with Crippen molar-refractivity contribution in [2.75, 3.05) is 0 Å². The van der Waals surface area contributed by atoms with Crippen LogP contribution < -0.4 is 4.74 Å². The summed E-state index contributed by atoms with van der Waals surface area (Å²) in [5, 5.41) is 14.8. The van der Waals surface area contributed by atoms with Crippen LogP contribution in [0.25, 0.3) is 77.5 Å². The van der Waals surface area contributed by atoms with Gasteiger partial charge in [-0.3, -0.25) is 9.97 Å². The van der Waals surface area contributed by atoms with E-state index in [-0.39, 0.29) is 0 Å². The second-order valence-corrected chi connectivity index (χ2v) is 15.6. The predicted octanol–water partition coefficient (Wildman–Crippen LogP) is 12.7. The molecule has 5 heterocycles. The van der Waals surface area contributed by atoms with Crippen molar-refractivity contribution in [3.8, 4) is 51.5 Å². The molecule has 0 N–H and O–H groups in total. The molecule has 0 saturated carbocycles. The molecule has 278 valence electrons. The summed E-state index contributed by atoms with van der Waals surface area (Å²) in [6.07, 6.45) is 3.71. The molecular formula is C54H31N5O.